The van der Waals surface area contributed by atoms with Gasteiger partial charge in [0.1, 0.15) is 22.8 Å². The number of esters is 2. The number of para-hydroxylation sites is 1. The first kappa shape index (κ1) is 18.3. The Morgan fingerprint density at radius 2 is 1.24 bits per heavy atom. The van der Waals surface area contributed by atoms with E-state index < -0.39 is 11.9 Å². The van der Waals surface area contributed by atoms with Crippen molar-refractivity contribution in [1.82, 2.24) is 0 Å². The number of phenols is 1. The lowest BCUT2D eigenvalue weighted by Crippen LogP contribution is -2.14. The molecule has 4 rings (SSSR count). The predicted molar refractivity (Wildman–Crippen MR) is 108 cm³/mol. The highest BCUT2D eigenvalue weighted by atomic mass is 16.5. The zero-order valence-electron chi connectivity index (χ0n) is 15.2. The summed E-state index contributed by atoms with van der Waals surface area (Å²) in [6.07, 6.45) is 0. The lowest BCUT2D eigenvalue weighted by molar-refractivity contribution is 0.0708. The molecule has 4 aromatic rings. The molecule has 0 aromatic heterocycles. The number of carbonyl (C=O) groups is 2. The normalized spacial score (nSPS) is 10.5. The number of phenolic OH excluding ortho intramolecular Hbond substituents is 1. The molecule has 0 heterocycles. The third-order valence-electron chi connectivity index (χ3n) is 4.36. The van der Waals surface area contributed by atoms with Crippen molar-refractivity contribution >= 4 is 22.7 Å². The van der Waals surface area contributed by atoms with E-state index in [1.807, 2.05) is 36.4 Å². The predicted octanol–water partition coefficient (Wildman–Crippen LogP) is 4.98. The van der Waals surface area contributed by atoms with Crippen LogP contribution in [0.25, 0.3) is 10.8 Å². The Bertz CT molecular complexity index is 1190. The molecular weight excluding hydrogens is 368 g/mol. The van der Waals surface area contributed by atoms with Gasteiger partial charge in [0.25, 0.3) is 0 Å². The quantitative estimate of drug-likeness (QED) is 0.397. The second-order valence-corrected chi connectivity index (χ2v) is 6.30. The van der Waals surface area contributed by atoms with Crippen LogP contribution >= 0.6 is 0 Å². The minimum atomic E-state index is -0.643. The van der Waals surface area contributed by atoms with Crippen LogP contribution in [0.2, 0.25) is 0 Å². The maximum absolute atomic E-state index is 12.8. The van der Waals surface area contributed by atoms with Crippen LogP contribution in [0.4, 0.5) is 0 Å². The lowest BCUT2D eigenvalue weighted by atomic mass is 10.1. The van der Waals surface area contributed by atoms with Crippen molar-refractivity contribution in [3.63, 3.8) is 0 Å². The zero-order valence-corrected chi connectivity index (χ0v) is 15.2. The van der Waals surface area contributed by atoms with Crippen LogP contribution in [0, 0.1) is 0 Å². The van der Waals surface area contributed by atoms with Crippen LogP contribution in [0.1, 0.15) is 20.7 Å². The Morgan fingerprint density at radius 3 is 2.07 bits per heavy atom. The highest BCUT2D eigenvalue weighted by molar-refractivity contribution is 5.99. The highest BCUT2D eigenvalue weighted by Gasteiger charge is 2.18. The summed E-state index contributed by atoms with van der Waals surface area (Å²) in [7, 11) is 0. The molecule has 29 heavy (non-hydrogen) atoms. The minimum Gasteiger partial charge on any atom is -0.508 e. The van der Waals surface area contributed by atoms with E-state index in [1.165, 1.54) is 36.4 Å². The molecule has 0 amide bonds. The molecule has 0 fully saturated rings. The molecule has 0 atom stereocenters. The summed E-state index contributed by atoms with van der Waals surface area (Å²) in [5.74, 6) is -0.713. The fourth-order valence-electron chi connectivity index (χ4n) is 2.92. The number of carbonyl (C=O) groups excluding carboxylic acids is 2. The number of fused-ring (bicyclic) bond motifs is 1. The summed E-state index contributed by atoms with van der Waals surface area (Å²) in [6.45, 7) is 0. The molecule has 5 nitrogen and oxygen atoms in total. The van der Waals surface area contributed by atoms with Crippen molar-refractivity contribution in [1.29, 1.82) is 0 Å². The summed E-state index contributed by atoms with van der Waals surface area (Å²) in [4.78, 5) is 25.2. The molecule has 4 aromatic carbocycles. The lowest BCUT2D eigenvalue weighted by Gasteiger charge is -2.11. The van der Waals surface area contributed by atoms with Crippen molar-refractivity contribution in [3.8, 4) is 17.2 Å². The van der Waals surface area contributed by atoms with E-state index in [-0.39, 0.29) is 22.6 Å². The van der Waals surface area contributed by atoms with E-state index in [9.17, 15) is 14.7 Å². The second-order valence-electron chi connectivity index (χ2n) is 6.30. The Balaban J connectivity index is 1.59. The molecule has 0 saturated carbocycles. The van der Waals surface area contributed by atoms with Gasteiger partial charge in [-0.25, -0.2) is 9.59 Å². The van der Waals surface area contributed by atoms with E-state index in [2.05, 4.69) is 0 Å². The maximum atomic E-state index is 12.8. The topological polar surface area (TPSA) is 72.8 Å². The standard InChI is InChI=1S/C24H16O5/c25-18-14-12-17(13-15-18)23(26)28-22-10-4-3-9-20(22)24(27)29-21-11-5-7-16-6-1-2-8-19(16)21/h1-15,25H. The summed E-state index contributed by atoms with van der Waals surface area (Å²) >= 11 is 0. The number of aromatic hydroxyl groups is 1. The van der Waals surface area contributed by atoms with Gasteiger partial charge in [0, 0.05) is 5.39 Å². The molecule has 142 valence electrons. The van der Waals surface area contributed by atoms with Gasteiger partial charge >= 0.3 is 11.9 Å². The molecule has 0 radical (unpaired) electrons. The SMILES string of the molecule is O=C(Oc1ccccc1C(=O)Oc1cccc2ccccc12)c1ccc(O)cc1. The van der Waals surface area contributed by atoms with Gasteiger partial charge in [0.2, 0.25) is 0 Å². The minimum absolute atomic E-state index is 0.0422. The van der Waals surface area contributed by atoms with Gasteiger partial charge < -0.3 is 14.6 Å². The van der Waals surface area contributed by atoms with Gasteiger partial charge in [-0.15, -0.1) is 0 Å². The number of benzene rings is 4. The molecule has 0 spiro atoms. The van der Waals surface area contributed by atoms with Crippen LogP contribution in [0.3, 0.4) is 0 Å². The Kier molecular flexibility index (Phi) is 4.95. The molecular formula is C24H16O5. The molecule has 0 aliphatic carbocycles. The zero-order chi connectivity index (χ0) is 20.2. The van der Waals surface area contributed by atoms with Crippen molar-refractivity contribution in [2.75, 3.05) is 0 Å². The third-order valence-corrected chi connectivity index (χ3v) is 4.36. The van der Waals surface area contributed by atoms with E-state index in [1.54, 1.807) is 18.2 Å². The molecule has 0 aliphatic heterocycles. The van der Waals surface area contributed by atoms with Crippen molar-refractivity contribution < 1.29 is 24.2 Å². The van der Waals surface area contributed by atoms with E-state index in [0.29, 0.717) is 5.75 Å². The van der Waals surface area contributed by atoms with Gasteiger partial charge in [-0.1, -0.05) is 48.5 Å². The van der Waals surface area contributed by atoms with Gasteiger partial charge in [-0.3, -0.25) is 0 Å². The molecule has 5 heteroatoms. The first-order valence-electron chi connectivity index (χ1n) is 8.92. The number of hydrogen-bond donors (Lipinski definition) is 1. The van der Waals surface area contributed by atoms with Gasteiger partial charge in [-0.05, 0) is 47.9 Å². The van der Waals surface area contributed by atoms with Crippen molar-refractivity contribution in [3.05, 3.63) is 102 Å². The summed E-state index contributed by atoms with van der Waals surface area (Å²) < 4.78 is 11.0. The van der Waals surface area contributed by atoms with Gasteiger partial charge in [-0.2, -0.15) is 0 Å². The van der Waals surface area contributed by atoms with Crippen molar-refractivity contribution in [2.24, 2.45) is 0 Å². The Labute approximate surface area is 166 Å². The van der Waals surface area contributed by atoms with E-state index in [0.717, 1.165) is 10.8 Å². The van der Waals surface area contributed by atoms with E-state index in [4.69, 9.17) is 9.47 Å². The van der Waals surface area contributed by atoms with E-state index >= 15 is 0 Å². The third kappa shape index (κ3) is 3.94. The van der Waals surface area contributed by atoms with Crippen LogP contribution in [-0.4, -0.2) is 17.0 Å². The average Bonchev–Trinajstić information content (AvgIpc) is 2.75. The smallest absolute Gasteiger partial charge is 0.347 e. The first-order valence-corrected chi connectivity index (χ1v) is 8.92. The van der Waals surface area contributed by atoms with Crippen LogP contribution in [0.15, 0.2) is 91.0 Å². The molecule has 0 aliphatic rings. The van der Waals surface area contributed by atoms with Gasteiger partial charge in [0.15, 0.2) is 0 Å². The van der Waals surface area contributed by atoms with Crippen molar-refractivity contribution in [2.45, 2.75) is 0 Å². The summed E-state index contributed by atoms with van der Waals surface area (Å²) in [6, 6.07) is 25.1. The number of hydrogen-bond acceptors (Lipinski definition) is 5. The fraction of sp³-hybridized carbons (Fsp3) is 0. The average molecular weight is 384 g/mol. The highest BCUT2D eigenvalue weighted by Crippen LogP contribution is 2.28. The Hall–Kier alpha value is -4.12. The maximum Gasteiger partial charge on any atom is 0.347 e. The second kappa shape index (κ2) is 7.86. The first-order chi connectivity index (χ1) is 14.1. The monoisotopic (exact) mass is 384 g/mol. The molecule has 0 bridgehead atoms. The summed E-state index contributed by atoms with van der Waals surface area (Å²) in [5, 5.41) is 11.1. The molecule has 0 saturated heterocycles. The molecule has 0 unspecified atom stereocenters. The van der Waals surface area contributed by atoms with Gasteiger partial charge in [0.05, 0.1) is 5.56 Å². The van der Waals surface area contributed by atoms with Crippen LogP contribution < -0.4 is 9.47 Å². The largest absolute Gasteiger partial charge is 0.508 e. The Morgan fingerprint density at radius 1 is 0.621 bits per heavy atom. The fourth-order valence-corrected chi connectivity index (χ4v) is 2.92. The number of rotatable bonds is 4. The van der Waals surface area contributed by atoms with Crippen LogP contribution in [-0.2, 0) is 0 Å². The molecule has 1 N–H and O–H groups in total. The van der Waals surface area contributed by atoms with Crippen LogP contribution in [0.5, 0.6) is 17.2 Å². The summed E-state index contributed by atoms with van der Waals surface area (Å²) in [5.41, 5.74) is 0.382. The number of ether oxygens (including phenoxy) is 2.